The van der Waals surface area contributed by atoms with Crippen LogP contribution in [0.3, 0.4) is 0 Å². The largest absolute Gasteiger partial charge is 0.462 e. The number of hydrogen-bond donors (Lipinski definition) is 0. The molecule has 0 aromatic heterocycles. The van der Waals surface area contributed by atoms with Crippen molar-refractivity contribution in [3.8, 4) is 0 Å². The molecule has 1 unspecified atom stereocenters. The standard InChI is InChI=1S/C58H96O6/c1-4-7-10-13-16-19-22-25-27-28-29-30-32-33-36-39-42-45-48-51-57(60)63-54-55(53-62-56(59)50-47-44-41-38-35-24-21-18-15-12-9-6-3)64-58(61)52-49-46-43-40-37-34-31-26-23-20-17-14-11-8-5-2/h8-9,11-12,14,17-18,20-21,23,26,31,34-35,37-38,55H,4-7,10,13,15-16,19,22,24-25,27-30,32-33,36,39-54H2,1-3H3/b11-8-,12-9-,17-14-,21-18-,23-20-,31-26-,37-34-,38-35-. The molecule has 0 rings (SSSR count). The smallest absolute Gasteiger partial charge is 0.306 e. The van der Waals surface area contributed by atoms with Crippen molar-refractivity contribution in [3.63, 3.8) is 0 Å². The van der Waals surface area contributed by atoms with E-state index in [1.807, 2.05) is 48.6 Å². The predicted octanol–water partition coefficient (Wildman–Crippen LogP) is 17.4. The van der Waals surface area contributed by atoms with E-state index in [1.165, 1.54) is 103 Å². The molecule has 0 spiro atoms. The van der Waals surface area contributed by atoms with Gasteiger partial charge in [-0.2, -0.15) is 0 Å². The van der Waals surface area contributed by atoms with E-state index < -0.39 is 6.10 Å². The van der Waals surface area contributed by atoms with E-state index in [4.69, 9.17) is 14.2 Å². The lowest BCUT2D eigenvalue weighted by molar-refractivity contribution is -0.167. The Hall–Kier alpha value is -3.67. The summed E-state index contributed by atoms with van der Waals surface area (Å²) >= 11 is 0. The molecule has 0 bridgehead atoms. The van der Waals surface area contributed by atoms with Gasteiger partial charge >= 0.3 is 17.9 Å². The van der Waals surface area contributed by atoms with Crippen molar-refractivity contribution in [2.45, 2.75) is 239 Å². The molecule has 0 radical (unpaired) electrons. The minimum Gasteiger partial charge on any atom is -0.462 e. The van der Waals surface area contributed by atoms with Gasteiger partial charge < -0.3 is 14.2 Å². The van der Waals surface area contributed by atoms with Crippen molar-refractivity contribution in [1.29, 1.82) is 0 Å². The van der Waals surface area contributed by atoms with Crippen LogP contribution in [0.25, 0.3) is 0 Å². The first-order chi connectivity index (χ1) is 31.5. The Labute approximate surface area is 394 Å². The summed E-state index contributed by atoms with van der Waals surface area (Å²) in [7, 11) is 0. The fourth-order valence-corrected chi connectivity index (χ4v) is 7.07. The van der Waals surface area contributed by atoms with E-state index in [9.17, 15) is 14.4 Å². The zero-order valence-electron chi connectivity index (χ0n) is 41.5. The molecule has 64 heavy (non-hydrogen) atoms. The Morgan fingerprint density at radius 1 is 0.344 bits per heavy atom. The fraction of sp³-hybridized carbons (Fsp3) is 0.672. The third-order valence-corrected chi connectivity index (χ3v) is 11.0. The molecule has 0 aromatic rings. The van der Waals surface area contributed by atoms with Crippen molar-refractivity contribution in [1.82, 2.24) is 0 Å². The highest BCUT2D eigenvalue weighted by atomic mass is 16.6. The SMILES string of the molecule is CC\C=C/C=C\C=C/C=C\C=C/CCCCCC(=O)OC(COC(=O)CCCC/C=C\C/C=C\C/C=C\CC)COC(=O)CCCCCCCCCCCCCCCCCCCCC. The van der Waals surface area contributed by atoms with Crippen LogP contribution in [0.2, 0.25) is 0 Å². The maximum atomic E-state index is 12.8. The van der Waals surface area contributed by atoms with Gasteiger partial charge in [0.2, 0.25) is 0 Å². The summed E-state index contributed by atoms with van der Waals surface area (Å²) < 4.78 is 16.7. The number of rotatable bonds is 46. The second-order valence-electron chi connectivity index (χ2n) is 17.2. The second kappa shape index (κ2) is 52.0. The van der Waals surface area contributed by atoms with Gasteiger partial charge in [-0.3, -0.25) is 14.4 Å². The van der Waals surface area contributed by atoms with E-state index in [0.717, 1.165) is 83.5 Å². The van der Waals surface area contributed by atoms with Gasteiger partial charge in [-0.15, -0.1) is 0 Å². The van der Waals surface area contributed by atoms with Crippen LogP contribution in [0.5, 0.6) is 0 Å². The topological polar surface area (TPSA) is 78.9 Å². The van der Waals surface area contributed by atoms with Crippen LogP contribution in [-0.4, -0.2) is 37.2 Å². The fourth-order valence-electron chi connectivity index (χ4n) is 7.07. The summed E-state index contributed by atoms with van der Waals surface area (Å²) in [6, 6.07) is 0. The van der Waals surface area contributed by atoms with Crippen LogP contribution >= 0.6 is 0 Å². The molecule has 0 saturated carbocycles. The first-order valence-corrected chi connectivity index (χ1v) is 26.3. The maximum absolute atomic E-state index is 12.8. The van der Waals surface area contributed by atoms with Crippen molar-refractivity contribution < 1.29 is 28.6 Å². The summed E-state index contributed by atoms with van der Waals surface area (Å²) in [6.07, 6.45) is 68.3. The molecule has 0 heterocycles. The van der Waals surface area contributed by atoms with Crippen LogP contribution in [0.4, 0.5) is 0 Å². The van der Waals surface area contributed by atoms with Gasteiger partial charge in [0.15, 0.2) is 6.10 Å². The summed E-state index contributed by atoms with van der Waals surface area (Å²) in [4.78, 5) is 38.0. The predicted molar refractivity (Wildman–Crippen MR) is 274 cm³/mol. The van der Waals surface area contributed by atoms with Gasteiger partial charge in [-0.05, 0) is 70.6 Å². The summed E-state index contributed by atoms with van der Waals surface area (Å²) in [5, 5.41) is 0. The Bertz CT molecular complexity index is 1300. The van der Waals surface area contributed by atoms with Crippen LogP contribution in [0.1, 0.15) is 233 Å². The van der Waals surface area contributed by atoms with Crippen molar-refractivity contribution in [3.05, 3.63) is 97.2 Å². The minimum atomic E-state index is -0.814. The number of unbranched alkanes of at least 4 members (excludes halogenated alkanes) is 23. The van der Waals surface area contributed by atoms with E-state index in [-0.39, 0.29) is 37.5 Å². The summed E-state index contributed by atoms with van der Waals surface area (Å²) in [5.74, 6) is -0.990. The number of allylic oxidation sites excluding steroid dienone is 16. The molecule has 0 aromatic carbocycles. The highest BCUT2D eigenvalue weighted by molar-refractivity contribution is 5.71. The zero-order chi connectivity index (χ0) is 46.5. The van der Waals surface area contributed by atoms with Gasteiger partial charge in [0.1, 0.15) is 13.2 Å². The van der Waals surface area contributed by atoms with E-state index in [1.54, 1.807) is 0 Å². The lowest BCUT2D eigenvalue weighted by Crippen LogP contribution is -2.30. The lowest BCUT2D eigenvalue weighted by atomic mass is 10.0. The van der Waals surface area contributed by atoms with Crippen LogP contribution in [0, 0.1) is 0 Å². The Morgan fingerprint density at radius 2 is 0.688 bits per heavy atom. The molecule has 6 nitrogen and oxygen atoms in total. The number of esters is 3. The number of carbonyl (C=O) groups is 3. The van der Waals surface area contributed by atoms with Crippen LogP contribution < -0.4 is 0 Å². The molecule has 6 heteroatoms. The number of ether oxygens (including phenoxy) is 3. The molecule has 0 amide bonds. The van der Waals surface area contributed by atoms with Gasteiger partial charge in [-0.1, -0.05) is 240 Å². The van der Waals surface area contributed by atoms with Gasteiger partial charge in [-0.25, -0.2) is 0 Å². The first-order valence-electron chi connectivity index (χ1n) is 26.3. The third-order valence-electron chi connectivity index (χ3n) is 11.0. The summed E-state index contributed by atoms with van der Waals surface area (Å²) in [6.45, 7) is 6.31. The van der Waals surface area contributed by atoms with E-state index in [2.05, 4.69) is 69.4 Å². The van der Waals surface area contributed by atoms with Crippen LogP contribution in [0.15, 0.2) is 97.2 Å². The van der Waals surface area contributed by atoms with Gasteiger partial charge in [0, 0.05) is 19.3 Å². The molecule has 0 aliphatic carbocycles. The monoisotopic (exact) mass is 889 g/mol. The lowest BCUT2D eigenvalue weighted by Gasteiger charge is -2.18. The molecule has 0 fully saturated rings. The quantitative estimate of drug-likeness (QED) is 0.0199. The average Bonchev–Trinajstić information content (AvgIpc) is 3.29. The van der Waals surface area contributed by atoms with Crippen molar-refractivity contribution in [2.75, 3.05) is 13.2 Å². The van der Waals surface area contributed by atoms with Crippen molar-refractivity contribution >= 4 is 17.9 Å². The highest BCUT2D eigenvalue weighted by Crippen LogP contribution is 2.16. The molecule has 1 atom stereocenters. The molecule has 0 N–H and O–H groups in total. The number of hydrogen-bond acceptors (Lipinski definition) is 6. The molecule has 0 aliphatic rings. The Morgan fingerprint density at radius 3 is 1.17 bits per heavy atom. The highest BCUT2D eigenvalue weighted by Gasteiger charge is 2.19. The average molecular weight is 889 g/mol. The van der Waals surface area contributed by atoms with Crippen LogP contribution in [-0.2, 0) is 28.6 Å². The van der Waals surface area contributed by atoms with Crippen molar-refractivity contribution in [2.24, 2.45) is 0 Å². The molecular formula is C58H96O6. The first kappa shape index (κ1) is 60.3. The molecule has 364 valence electrons. The molecule has 0 saturated heterocycles. The second-order valence-corrected chi connectivity index (χ2v) is 17.2. The minimum absolute atomic E-state index is 0.106. The van der Waals surface area contributed by atoms with E-state index >= 15 is 0 Å². The Balaban J connectivity index is 4.44. The Kier molecular flexibility index (Phi) is 49.0. The number of carbonyl (C=O) groups excluding carboxylic acids is 3. The summed E-state index contributed by atoms with van der Waals surface area (Å²) in [5.41, 5.74) is 0. The zero-order valence-corrected chi connectivity index (χ0v) is 41.5. The van der Waals surface area contributed by atoms with Gasteiger partial charge in [0.25, 0.3) is 0 Å². The van der Waals surface area contributed by atoms with E-state index in [0.29, 0.717) is 19.3 Å². The normalized spacial score (nSPS) is 12.9. The molecule has 0 aliphatic heterocycles. The maximum Gasteiger partial charge on any atom is 0.306 e. The van der Waals surface area contributed by atoms with Gasteiger partial charge in [0.05, 0.1) is 0 Å². The molecular weight excluding hydrogens is 793 g/mol. The third kappa shape index (κ3) is 49.3.